The minimum atomic E-state index is 0.294. The first kappa shape index (κ1) is 14.2. The maximum absolute atomic E-state index is 6.24. The quantitative estimate of drug-likeness (QED) is 0.794. The van der Waals surface area contributed by atoms with Crippen molar-refractivity contribution in [2.45, 2.75) is 19.4 Å². The summed E-state index contributed by atoms with van der Waals surface area (Å²) >= 11 is 6.24. The summed E-state index contributed by atoms with van der Waals surface area (Å²) in [6, 6.07) is 5.99. The van der Waals surface area contributed by atoms with Crippen molar-refractivity contribution in [3.05, 3.63) is 41.4 Å². The predicted molar refractivity (Wildman–Crippen MR) is 89.0 cm³/mol. The van der Waals surface area contributed by atoms with E-state index in [1.165, 1.54) is 6.33 Å². The van der Waals surface area contributed by atoms with E-state index < -0.39 is 0 Å². The van der Waals surface area contributed by atoms with Crippen LogP contribution >= 0.6 is 11.6 Å². The molecule has 4 heterocycles. The molecule has 0 saturated carbocycles. The van der Waals surface area contributed by atoms with Gasteiger partial charge < -0.3 is 10.2 Å². The molecule has 4 rings (SSSR count). The SMILES string of the molecule is Cc1cc(NC2CCN(c3ncccc3Cl)C2)n2ncnc2n1. The molecule has 0 aliphatic carbocycles. The lowest BCUT2D eigenvalue weighted by Crippen LogP contribution is -2.27. The highest BCUT2D eigenvalue weighted by atomic mass is 35.5. The molecule has 0 spiro atoms. The van der Waals surface area contributed by atoms with Crippen LogP contribution in [-0.4, -0.2) is 43.7 Å². The highest BCUT2D eigenvalue weighted by molar-refractivity contribution is 6.32. The Morgan fingerprint density at radius 2 is 2.26 bits per heavy atom. The summed E-state index contributed by atoms with van der Waals surface area (Å²) in [6.45, 7) is 3.71. The van der Waals surface area contributed by atoms with Gasteiger partial charge in [0.15, 0.2) is 0 Å². The largest absolute Gasteiger partial charge is 0.365 e. The Morgan fingerprint density at radius 1 is 1.35 bits per heavy atom. The average Bonchev–Trinajstić information content (AvgIpc) is 3.17. The van der Waals surface area contributed by atoms with E-state index in [1.54, 1.807) is 10.7 Å². The van der Waals surface area contributed by atoms with E-state index in [1.807, 2.05) is 25.1 Å². The first-order valence-corrected chi connectivity index (χ1v) is 7.88. The fraction of sp³-hybridized carbons (Fsp3) is 0.333. The van der Waals surface area contributed by atoms with Crippen molar-refractivity contribution in [2.75, 3.05) is 23.3 Å². The molecule has 1 N–H and O–H groups in total. The van der Waals surface area contributed by atoms with Crippen molar-refractivity contribution in [2.24, 2.45) is 0 Å². The third-order valence-corrected chi connectivity index (χ3v) is 4.25. The molecule has 1 aliphatic heterocycles. The Labute approximate surface area is 138 Å². The Balaban J connectivity index is 1.54. The van der Waals surface area contributed by atoms with E-state index in [-0.39, 0.29) is 0 Å². The van der Waals surface area contributed by atoms with Gasteiger partial charge >= 0.3 is 0 Å². The minimum absolute atomic E-state index is 0.294. The zero-order valence-corrected chi connectivity index (χ0v) is 13.4. The van der Waals surface area contributed by atoms with Gasteiger partial charge in [0.25, 0.3) is 5.78 Å². The number of hydrogen-bond acceptors (Lipinski definition) is 6. The molecule has 7 nitrogen and oxygen atoms in total. The minimum Gasteiger partial charge on any atom is -0.365 e. The van der Waals surface area contributed by atoms with E-state index in [0.717, 1.165) is 36.8 Å². The number of aromatic nitrogens is 5. The summed E-state index contributed by atoms with van der Waals surface area (Å²) in [7, 11) is 0. The molecule has 118 valence electrons. The maximum Gasteiger partial charge on any atom is 0.254 e. The number of pyridine rings is 1. The molecule has 8 heteroatoms. The molecule has 1 atom stereocenters. The molecule has 1 unspecified atom stereocenters. The molecule has 0 radical (unpaired) electrons. The molecule has 3 aromatic heterocycles. The van der Waals surface area contributed by atoms with Gasteiger partial charge in [-0.2, -0.15) is 14.6 Å². The number of anilines is 2. The van der Waals surface area contributed by atoms with Gasteiger partial charge in [-0.25, -0.2) is 9.97 Å². The Hall–Kier alpha value is -2.41. The molecule has 0 aromatic carbocycles. The Kier molecular flexibility index (Phi) is 3.49. The lowest BCUT2D eigenvalue weighted by Gasteiger charge is -2.19. The normalized spacial score (nSPS) is 17.8. The number of rotatable bonds is 3. The van der Waals surface area contributed by atoms with Gasteiger partial charge in [0.2, 0.25) is 0 Å². The highest BCUT2D eigenvalue weighted by Gasteiger charge is 2.25. The molecule has 23 heavy (non-hydrogen) atoms. The van der Waals surface area contributed by atoms with E-state index in [0.29, 0.717) is 16.8 Å². The van der Waals surface area contributed by atoms with Crippen molar-refractivity contribution in [1.29, 1.82) is 0 Å². The van der Waals surface area contributed by atoms with Crippen molar-refractivity contribution in [3.8, 4) is 0 Å². The zero-order chi connectivity index (χ0) is 15.8. The van der Waals surface area contributed by atoms with Crippen LogP contribution in [0.4, 0.5) is 11.6 Å². The lowest BCUT2D eigenvalue weighted by atomic mass is 10.2. The van der Waals surface area contributed by atoms with Crippen molar-refractivity contribution >= 4 is 29.0 Å². The monoisotopic (exact) mass is 329 g/mol. The van der Waals surface area contributed by atoms with Crippen LogP contribution < -0.4 is 10.2 Å². The molecule has 1 aliphatic rings. The summed E-state index contributed by atoms with van der Waals surface area (Å²) in [4.78, 5) is 15.1. The van der Waals surface area contributed by atoms with Crippen LogP contribution in [0.3, 0.4) is 0 Å². The third kappa shape index (κ3) is 2.68. The molecule has 1 fully saturated rings. The molecular weight excluding hydrogens is 314 g/mol. The van der Waals surface area contributed by atoms with Gasteiger partial charge in [-0.1, -0.05) is 11.6 Å². The number of nitrogens with zero attached hydrogens (tertiary/aromatic N) is 6. The fourth-order valence-corrected chi connectivity index (χ4v) is 3.16. The van der Waals surface area contributed by atoms with Crippen LogP contribution in [-0.2, 0) is 0 Å². The lowest BCUT2D eigenvalue weighted by molar-refractivity contribution is 0.783. The number of fused-ring (bicyclic) bond motifs is 1. The van der Waals surface area contributed by atoms with Crippen LogP contribution in [0.15, 0.2) is 30.7 Å². The van der Waals surface area contributed by atoms with Gasteiger partial charge in [0.05, 0.1) is 5.02 Å². The molecule has 0 amide bonds. The Bertz CT molecular complexity index is 847. The first-order chi connectivity index (χ1) is 11.2. The van der Waals surface area contributed by atoms with Crippen molar-refractivity contribution in [1.82, 2.24) is 24.6 Å². The topological polar surface area (TPSA) is 71.2 Å². The van der Waals surface area contributed by atoms with Crippen LogP contribution in [0.1, 0.15) is 12.1 Å². The fourth-order valence-electron chi connectivity index (χ4n) is 2.92. The van der Waals surface area contributed by atoms with Crippen LogP contribution in [0.5, 0.6) is 0 Å². The first-order valence-electron chi connectivity index (χ1n) is 7.50. The third-order valence-electron chi connectivity index (χ3n) is 3.96. The van der Waals surface area contributed by atoms with Gasteiger partial charge in [-0.05, 0) is 25.5 Å². The maximum atomic E-state index is 6.24. The van der Waals surface area contributed by atoms with Gasteiger partial charge in [0, 0.05) is 37.1 Å². The summed E-state index contributed by atoms with van der Waals surface area (Å²) in [6.07, 6.45) is 4.29. The second-order valence-corrected chi connectivity index (χ2v) is 6.05. The summed E-state index contributed by atoms with van der Waals surface area (Å²) in [5, 5.41) is 8.45. The number of aryl methyl sites for hydroxylation is 1. The average molecular weight is 330 g/mol. The summed E-state index contributed by atoms with van der Waals surface area (Å²) in [5.41, 5.74) is 0.913. The standard InChI is InChI=1S/C15H16ClN7/c1-10-7-13(23-15(20-10)18-9-19-23)21-11-4-6-22(8-11)14-12(16)3-2-5-17-14/h2-3,5,7,9,11,21H,4,6,8H2,1H3. The number of halogens is 1. The van der Waals surface area contributed by atoms with Crippen molar-refractivity contribution in [3.63, 3.8) is 0 Å². The van der Waals surface area contributed by atoms with Gasteiger partial charge in [0.1, 0.15) is 18.0 Å². The van der Waals surface area contributed by atoms with E-state index in [2.05, 4.69) is 30.3 Å². The van der Waals surface area contributed by atoms with Gasteiger partial charge in [-0.3, -0.25) is 0 Å². The van der Waals surface area contributed by atoms with Crippen LogP contribution in [0.2, 0.25) is 5.02 Å². The second kappa shape index (κ2) is 5.66. The van der Waals surface area contributed by atoms with E-state index in [4.69, 9.17) is 11.6 Å². The number of hydrogen-bond donors (Lipinski definition) is 1. The summed E-state index contributed by atoms with van der Waals surface area (Å²) in [5.74, 6) is 2.36. The molecular formula is C15H16ClN7. The number of nitrogens with one attached hydrogen (secondary N) is 1. The second-order valence-electron chi connectivity index (χ2n) is 5.64. The Morgan fingerprint density at radius 3 is 3.13 bits per heavy atom. The molecule has 0 bridgehead atoms. The molecule has 1 saturated heterocycles. The summed E-state index contributed by atoms with van der Waals surface area (Å²) < 4.78 is 1.73. The van der Waals surface area contributed by atoms with Crippen molar-refractivity contribution < 1.29 is 0 Å². The predicted octanol–water partition coefficient (Wildman–Crippen LogP) is 2.17. The highest BCUT2D eigenvalue weighted by Crippen LogP contribution is 2.27. The van der Waals surface area contributed by atoms with Gasteiger partial charge in [-0.15, -0.1) is 0 Å². The molecule has 3 aromatic rings. The van der Waals surface area contributed by atoms with E-state index >= 15 is 0 Å². The zero-order valence-electron chi connectivity index (χ0n) is 12.6. The van der Waals surface area contributed by atoms with Crippen LogP contribution in [0, 0.1) is 6.92 Å². The van der Waals surface area contributed by atoms with Crippen LogP contribution in [0.25, 0.3) is 5.78 Å². The smallest absolute Gasteiger partial charge is 0.254 e. The van der Waals surface area contributed by atoms with E-state index in [9.17, 15) is 0 Å².